The van der Waals surface area contributed by atoms with Gasteiger partial charge in [-0.3, -0.25) is 0 Å². The zero-order valence-corrected chi connectivity index (χ0v) is 7.20. The maximum atomic E-state index is 13.5. The number of hydrogen-bond donors (Lipinski definition) is 2. The standard InChI is InChI=1S/C8H10BFO3/c1-4(11)5-2-7-6(8(5)10)3-13-9(7)12/h2,4,8,11-12H,3H2,1H3/t4-,8?/m0/s1. The summed E-state index contributed by atoms with van der Waals surface area (Å²) in [5.41, 5.74) is 1.24. The van der Waals surface area contributed by atoms with Gasteiger partial charge in [0.15, 0.2) is 0 Å². The van der Waals surface area contributed by atoms with Crippen molar-refractivity contribution in [1.29, 1.82) is 0 Å². The summed E-state index contributed by atoms with van der Waals surface area (Å²) < 4.78 is 18.3. The van der Waals surface area contributed by atoms with Crippen LogP contribution in [0.1, 0.15) is 6.92 Å². The van der Waals surface area contributed by atoms with Gasteiger partial charge < -0.3 is 14.8 Å². The molecule has 2 N–H and O–H groups in total. The Kier molecular flexibility index (Phi) is 2.02. The van der Waals surface area contributed by atoms with Crippen molar-refractivity contribution < 1.29 is 19.2 Å². The molecule has 0 radical (unpaired) electrons. The Morgan fingerprint density at radius 1 is 1.77 bits per heavy atom. The van der Waals surface area contributed by atoms with Crippen LogP contribution in [-0.2, 0) is 4.65 Å². The predicted molar refractivity (Wildman–Crippen MR) is 45.6 cm³/mol. The van der Waals surface area contributed by atoms with Crippen molar-refractivity contribution in [3.8, 4) is 0 Å². The fourth-order valence-corrected chi connectivity index (χ4v) is 1.67. The molecule has 0 saturated carbocycles. The van der Waals surface area contributed by atoms with Crippen molar-refractivity contribution in [2.45, 2.75) is 19.2 Å². The average Bonchev–Trinajstić information content (AvgIpc) is 2.55. The van der Waals surface area contributed by atoms with Crippen LogP contribution in [0.3, 0.4) is 0 Å². The summed E-state index contributed by atoms with van der Waals surface area (Å²) in [7, 11) is -1.02. The monoisotopic (exact) mass is 184 g/mol. The lowest BCUT2D eigenvalue weighted by molar-refractivity contribution is 0.207. The molecule has 1 unspecified atom stereocenters. The normalized spacial score (nSPS) is 29.4. The molecule has 0 aromatic rings. The van der Waals surface area contributed by atoms with Gasteiger partial charge in [0, 0.05) is 0 Å². The lowest BCUT2D eigenvalue weighted by atomic mass is 9.80. The van der Waals surface area contributed by atoms with Gasteiger partial charge in [0.1, 0.15) is 6.17 Å². The molecule has 0 amide bonds. The fourth-order valence-electron chi connectivity index (χ4n) is 1.67. The lowest BCUT2D eigenvalue weighted by Gasteiger charge is -2.12. The molecule has 13 heavy (non-hydrogen) atoms. The summed E-state index contributed by atoms with van der Waals surface area (Å²) in [4.78, 5) is 0. The highest BCUT2D eigenvalue weighted by Gasteiger charge is 2.40. The Bertz CT molecular complexity index is 298. The number of rotatable bonds is 1. The zero-order valence-electron chi connectivity index (χ0n) is 7.20. The second-order valence-electron chi connectivity index (χ2n) is 3.33. The van der Waals surface area contributed by atoms with Gasteiger partial charge in [-0.25, -0.2) is 4.39 Å². The van der Waals surface area contributed by atoms with E-state index in [2.05, 4.69) is 0 Å². The zero-order chi connectivity index (χ0) is 9.59. The molecule has 0 aromatic carbocycles. The maximum absolute atomic E-state index is 13.5. The first kappa shape index (κ1) is 8.93. The molecule has 0 fully saturated rings. The summed E-state index contributed by atoms with van der Waals surface area (Å²) in [6, 6.07) is 0. The van der Waals surface area contributed by atoms with Gasteiger partial charge >= 0.3 is 7.12 Å². The van der Waals surface area contributed by atoms with Crippen molar-refractivity contribution in [2.24, 2.45) is 0 Å². The molecule has 0 spiro atoms. The Hall–Kier alpha value is -0.645. The smallest absolute Gasteiger partial charge is 0.423 e. The minimum atomic E-state index is -1.29. The molecule has 2 aliphatic rings. The van der Waals surface area contributed by atoms with Crippen LogP contribution in [-0.4, -0.2) is 36.1 Å². The summed E-state index contributed by atoms with van der Waals surface area (Å²) in [6.45, 7) is 1.62. The van der Waals surface area contributed by atoms with Crippen molar-refractivity contribution in [2.75, 3.05) is 6.61 Å². The third-order valence-corrected chi connectivity index (χ3v) is 2.44. The van der Waals surface area contributed by atoms with Gasteiger partial charge in [0.05, 0.1) is 12.7 Å². The van der Waals surface area contributed by atoms with Crippen LogP contribution in [0.5, 0.6) is 0 Å². The molecule has 1 heterocycles. The first-order valence-electron chi connectivity index (χ1n) is 4.17. The second kappa shape index (κ2) is 2.94. The van der Waals surface area contributed by atoms with Crippen LogP contribution in [0, 0.1) is 0 Å². The van der Waals surface area contributed by atoms with Crippen LogP contribution in [0.15, 0.2) is 22.7 Å². The van der Waals surface area contributed by atoms with Crippen LogP contribution in [0.4, 0.5) is 4.39 Å². The second-order valence-corrected chi connectivity index (χ2v) is 3.33. The van der Waals surface area contributed by atoms with Crippen LogP contribution in [0.25, 0.3) is 0 Å². The Balaban J connectivity index is 2.29. The Labute approximate surface area is 75.7 Å². The van der Waals surface area contributed by atoms with E-state index < -0.39 is 19.4 Å². The van der Waals surface area contributed by atoms with Crippen LogP contribution in [0.2, 0.25) is 0 Å². The SMILES string of the molecule is C[C@H](O)C1=CC2=C(COB2O)C1F. The number of alkyl halides is 1. The fraction of sp³-hybridized carbons (Fsp3) is 0.500. The van der Waals surface area contributed by atoms with Gasteiger partial charge in [-0.1, -0.05) is 6.08 Å². The number of hydrogen-bond acceptors (Lipinski definition) is 3. The predicted octanol–water partition coefficient (Wildman–Crippen LogP) is -0.00820. The van der Waals surface area contributed by atoms with Gasteiger partial charge in [0.25, 0.3) is 0 Å². The number of allylic oxidation sites excluding steroid dienone is 2. The number of aliphatic hydroxyl groups is 1. The largest absolute Gasteiger partial charge is 0.491 e. The molecule has 1 aliphatic heterocycles. The molecule has 3 nitrogen and oxygen atoms in total. The van der Waals surface area contributed by atoms with E-state index in [1.165, 1.54) is 13.0 Å². The third-order valence-electron chi connectivity index (χ3n) is 2.44. The number of halogens is 1. The van der Waals surface area contributed by atoms with Gasteiger partial charge in [-0.05, 0) is 23.5 Å². The maximum Gasteiger partial charge on any atom is 0.491 e. The minimum Gasteiger partial charge on any atom is -0.423 e. The van der Waals surface area contributed by atoms with E-state index in [1.54, 1.807) is 0 Å². The minimum absolute atomic E-state index is 0.115. The molecule has 0 aromatic heterocycles. The molecule has 2 atom stereocenters. The van der Waals surface area contributed by atoms with E-state index in [4.69, 9.17) is 4.65 Å². The first-order chi connectivity index (χ1) is 6.11. The highest BCUT2D eigenvalue weighted by Crippen LogP contribution is 2.35. The molecular formula is C8H10BFO3. The molecule has 0 saturated heterocycles. The van der Waals surface area contributed by atoms with Crippen molar-refractivity contribution >= 4 is 7.12 Å². The highest BCUT2D eigenvalue weighted by molar-refractivity contribution is 6.54. The Morgan fingerprint density at radius 2 is 2.46 bits per heavy atom. The van der Waals surface area contributed by atoms with Crippen LogP contribution < -0.4 is 0 Å². The average molecular weight is 184 g/mol. The lowest BCUT2D eigenvalue weighted by Crippen LogP contribution is -2.18. The van der Waals surface area contributed by atoms with E-state index in [-0.39, 0.29) is 6.61 Å². The van der Waals surface area contributed by atoms with Crippen molar-refractivity contribution in [1.82, 2.24) is 0 Å². The van der Waals surface area contributed by atoms with E-state index in [1.807, 2.05) is 0 Å². The molecular weight excluding hydrogens is 174 g/mol. The van der Waals surface area contributed by atoms with E-state index in [0.717, 1.165) is 0 Å². The van der Waals surface area contributed by atoms with Crippen LogP contribution >= 0.6 is 0 Å². The van der Waals surface area contributed by atoms with Crippen molar-refractivity contribution in [3.05, 3.63) is 22.7 Å². The summed E-state index contributed by atoms with van der Waals surface area (Å²) >= 11 is 0. The molecule has 5 heteroatoms. The van der Waals surface area contributed by atoms with Gasteiger partial charge in [0.2, 0.25) is 0 Å². The Morgan fingerprint density at radius 3 is 3.00 bits per heavy atom. The van der Waals surface area contributed by atoms with Gasteiger partial charge in [-0.2, -0.15) is 0 Å². The first-order valence-corrected chi connectivity index (χ1v) is 4.17. The van der Waals surface area contributed by atoms with E-state index >= 15 is 0 Å². The van der Waals surface area contributed by atoms with Gasteiger partial charge in [-0.15, -0.1) is 0 Å². The van der Waals surface area contributed by atoms with Crippen molar-refractivity contribution in [3.63, 3.8) is 0 Å². The highest BCUT2D eigenvalue weighted by atomic mass is 19.1. The number of aliphatic hydroxyl groups excluding tert-OH is 1. The summed E-state index contributed by atoms with van der Waals surface area (Å²) in [5.74, 6) is 0. The molecule has 2 rings (SSSR count). The quantitative estimate of drug-likeness (QED) is 0.563. The topological polar surface area (TPSA) is 49.7 Å². The molecule has 0 bridgehead atoms. The molecule has 70 valence electrons. The van der Waals surface area contributed by atoms with E-state index in [9.17, 15) is 14.5 Å². The summed E-state index contributed by atoms with van der Waals surface area (Å²) in [5, 5.41) is 18.5. The third kappa shape index (κ3) is 1.24. The summed E-state index contributed by atoms with van der Waals surface area (Å²) in [6.07, 6.45) is -0.609. The van der Waals surface area contributed by atoms with E-state index in [0.29, 0.717) is 16.6 Å². The molecule has 1 aliphatic carbocycles.